The minimum atomic E-state index is -0.112. The van der Waals surface area contributed by atoms with Crippen molar-refractivity contribution in [1.29, 1.82) is 0 Å². The molecule has 0 fully saturated rings. The number of aromatic nitrogens is 1. The van der Waals surface area contributed by atoms with Crippen molar-refractivity contribution in [3.05, 3.63) is 11.1 Å². The summed E-state index contributed by atoms with van der Waals surface area (Å²) in [7, 11) is 0. The van der Waals surface area contributed by atoms with E-state index < -0.39 is 0 Å². The Labute approximate surface area is 74.8 Å². The molecule has 0 atom stereocenters. The van der Waals surface area contributed by atoms with Crippen molar-refractivity contribution in [2.24, 2.45) is 0 Å². The molecule has 0 saturated heterocycles. The molecule has 1 heterocycles. The van der Waals surface area contributed by atoms with E-state index in [1.165, 1.54) is 17.5 Å². The minimum absolute atomic E-state index is 0.112. The molecule has 0 aromatic carbocycles. The zero-order chi connectivity index (χ0) is 9.14. The maximum Gasteiger partial charge on any atom is 0.263 e. The fourth-order valence-electron chi connectivity index (χ4n) is 0.726. The lowest BCUT2D eigenvalue weighted by Crippen LogP contribution is -2.29. The summed E-state index contributed by atoms with van der Waals surface area (Å²) in [6.07, 6.45) is 1.48. The maximum absolute atomic E-state index is 11.3. The molecule has 0 bridgehead atoms. The van der Waals surface area contributed by atoms with Crippen molar-refractivity contribution >= 4 is 22.4 Å². The molecule has 1 rings (SSSR count). The molecule has 4 nitrogen and oxygen atoms in total. The van der Waals surface area contributed by atoms with Crippen molar-refractivity contribution < 1.29 is 4.79 Å². The predicted octanol–water partition coefficient (Wildman–Crippen LogP) is 0.863. The number of hydrogen-bond donors (Lipinski definition) is 2. The van der Waals surface area contributed by atoms with Crippen molar-refractivity contribution in [3.8, 4) is 0 Å². The second kappa shape index (κ2) is 3.53. The van der Waals surface area contributed by atoms with E-state index in [-0.39, 0.29) is 11.9 Å². The predicted molar refractivity (Wildman–Crippen MR) is 49.1 cm³/mol. The van der Waals surface area contributed by atoms with Gasteiger partial charge in [0.1, 0.15) is 4.88 Å². The van der Waals surface area contributed by atoms with Crippen LogP contribution in [0.4, 0.5) is 5.13 Å². The Morgan fingerprint density at radius 2 is 2.42 bits per heavy atom. The van der Waals surface area contributed by atoms with E-state index in [4.69, 9.17) is 5.73 Å². The highest BCUT2D eigenvalue weighted by molar-refractivity contribution is 7.17. The monoisotopic (exact) mass is 185 g/mol. The Morgan fingerprint density at radius 3 is 2.83 bits per heavy atom. The molecule has 1 amide bonds. The second-order valence-corrected chi connectivity index (χ2v) is 3.75. The van der Waals surface area contributed by atoms with Crippen LogP contribution in [0.3, 0.4) is 0 Å². The standard InChI is InChI=1S/C7H11N3OS/c1-4(2)10-6(11)5-3-9-7(8)12-5/h3-4H,1-2H3,(H2,8,9)(H,10,11). The molecule has 0 spiro atoms. The van der Waals surface area contributed by atoms with Crippen LogP contribution in [0.25, 0.3) is 0 Å². The van der Waals surface area contributed by atoms with Gasteiger partial charge in [0.2, 0.25) is 0 Å². The highest BCUT2D eigenvalue weighted by Gasteiger charge is 2.09. The van der Waals surface area contributed by atoms with Crippen LogP contribution in [0.2, 0.25) is 0 Å². The first-order valence-electron chi connectivity index (χ1n) is 3.61. The summed E-state index contributed by atoms with van der Waals surface area (Å²) in [5.74, 6) is -0.112. The average molecular weight is 185 g/mol. The third-order valence-electron chi connectivity index (χ3n) is 1.17. The molecule has 0 radical (unpaired) electrons. The zero-order valence-corrected chi connectivity index (χ0v) is 7.81. The molecule has 0 aliphatic rings. The first kappa shape index (κ1) is 8.99. The van der Waals surface area contributed by atoms with Gasteiger partial charge in [-0.25, -0.2) is 4.98 Å². The van der Waals surface area contributed by atoms with E-state index in [2.05, 4.69) is 10.3 Å². The molecular formula is C7H11N3OS. The van der Waals surface area contributed by atoms with Crippen LogP contribution < -0.4 is 11.1 Å². The van der Waals surface area contributed by atoms with Gasteiger partial charge in [0.25, 0.3) is 5.91 Å². The Balaban J connectivity index is 2.65. The van der Waals surface area contributed by atoms with E-state index in [9.17, 15) is 4.79 Å². The summed E-state index contributed by atoms with van der Waals surface area (Å²) < 4.78 is 0. The van der Waals surface area contributed by atoms with Crippen LogP contribution in [0.1, 0.15) is 23.5 Å². The van der Waals surface area contributed by atoms with Crippen molar-refractivity contribution in [3.63, 3.8) is 0 Å². The molecule has 0 aliphatic heterocycles. The van der Waals surface area contributed by atoms with Gasteiger partial charge in [-0.3, -0.25) is 4.79 Å². The van der Waals surface area contributed by atoms with Crippen LogP contribution in [-0.4, -0.2) is 16.9 Å². The number of carbonyl (C=O) groups is 1. The van der Waals surface area contributed by atoms with Crippen molar-refractivity contribution in [2.75, 3.05) is 5.73 Å². The quantitative estimate of drug-likeness (QED) is 0.718. The number of carbonyl (C=O) groups excluding carboxylic acids is 1. The van der Waals surface area contributed by atoms with E-state index in [0.29, 0.717) is 10.0 Å². The third-order valence-corrected chi connectivity index (χ3v) is 1.99. The fourth-order valence-corrected chi connectivity index (χ4v) is 1.31. The van der Waals surface area contributed by atoms with E-state index in [0.717, 1.165) is 0 Å². The highest BCUT2D eigenvalue weighted by atomic mass is 32.1. The number of amides is 1. The Morgan fingerprint density at radius 1 is 1.75 bits per heavy atom. The zero-order valence-electron chi connectivity index (χ0n) is 7.00. The molecule has 1 aromatic heterocycles. The molecule has 66 valence electrons. The number of nitrogens with one attached hydrogen (secondary N) is 1. The highest BCUT2D eigenvalue weighted by Crippen LogP contribution is 2.13. The van der Waals surface area contributed by atoms with Crippen LogP contribution in [0, 0.1) is 0 Å². The summed E-state index contributed by atoms with van der Waals surface area (Å²) in [5, 5.41) is 3.17. The van der Waals surface area contributed by atoms with Crippen molar-refractivity contribution in [2.45, 2.75) is 19.9 Å². The minimum Gasteiger partial charge on any atom is -0.375 e. The summed E-state index contributed by atoms with van der Waals surface area (Å²) >= 11 is 1.19. The van der Waals surface area contributed by atoms with Crippen LogP contribution in [0.5, 0.6) is 0 Å². The third kappa shape index (κ3) is 2.20. The molecule has 0 aliphatic carbocycles. The SMILES string of the molecule is CC(C)NC(=O)c1cnc(N)s1. The van der Waals surface area contributed by atoms with E-state index in [1.54, 1.807) is 0 Å². The number of anilines is 1. The lowest BCUT2D eigenvalue weighted by atomic mass is 10.4. The number of nitrogens with zero attached hydrogens (tertiary/aromatic N) is 1. The van der Waals surface area contributed by atoms with E-state index >= 15 is 0 Å². The van der Waals surface area contributed by atoms with Crippen LogP contribution in [0.15, 0.2) is 6.20 Å². The normalized spacial score (nSPS) is 10.2. The molecule has 1 aromatic rings. The number of nitrogens with two attached hydrogens (primary N) is 1. The molecule has 12 heavy (non-hydrogen) atoms. The van der Waals surface area contributed by atoms with Crippen molar-refractivity contribution in [1.82, 2.24) is 10.3 Å². The summed E-state index contributed by atoms with van der Waals surface area (Å²) in [6.45, 7) is 3.81. The number of hydrogen-bond acceptors (Lipinski definition) is 4. The maximum atomic E-state index is 11.3. The van der Waals surface area contributed by atoms with Gasteiger partial charge >= 0.3 is 0 Å². The Hall–Kier alpha value is -1.10. The van der Waals surface area contributed by atoms with Gasteiger partial charge < -0.3 is 11.1 Å². The molecule has 0 unspecified atom stereocenters. The molecule has 5 heteroatoms. The largest absolute Gasteiger partial charge is 0.375 e. The molecule has 0 saturated carbocycles. The smallest absolute Gasteiger partial charge is 0.263 e. The van der Waals surface area contributed by atoms with Gasteiger partial charge in [0.15, 0.2) is 5.13 Å². The van der Waals surface area contributed by atoms with Gasteiger partial charge in [-0.15, -0.1) is 0 Å². The van der Waals surface area contributed by atoms with Gasteiger partial charge in [-0.2, -0.15) is 0 Å². The molecule has 3 N–H and O–H groups in total. The lowest BCUT2D eigenvalue weighted by Gasteiger charge is -2.04. The Bertz CT molecular complexity index is 282. The average Bonchev–Trinajstić information content (AvgIpc) is 2.34. The van der Waals surface area contributed by atoms with Gasteiger partial charge in [0, 0.05) is 6.04 Å². The Kier molecular flexibility index (Phi) is 2.65. The van der Waals surface area contributed by atoms with E-state index in [1.807, 2.05) is 13.8 Å². The second-order valence-electron chi connectivity index (χ2n) is 2.69. The van der Waals surface area contributed by atoms with Gasteiger partial charge in [-0.1, -0.05) is 11.3 Å². The summed E-state index contributed by atoms with van der Waals surface area (Å²) in [4.78, 5) is 15.6. The first-order chi connectivity index (χ1) is 5.59. The van der Waals surface area contributed by atoms with Crippen LogP contribution >= 0.6 is 11.3 Å². The van der Waals surface area contributed by atoms with Crippen LogP contribution in [-0.2, 0) is 0 Å². The summed E-state index contributed by atoms with van der Waals surface area (Å²) in [6, 6.07) is 0.140. The topological polar surface area (TPSA) is 68.0 Å². The number of thiazole rings is 1. The fraction of sp³-hybridized carbons (Fsp3) is 0.429. The van der Waals surface area contributed by atoms with Gasteiger partial charge in [0.05, 0.1) is 6.20 Å². The van der Waals surface area contributed by atoms with Gasteiger partial charge in [-0.05, 0) is 13.8 Å². The number of nitrogen functional groups attached to an aromatic ring is 1. The molecular weight excluding hydrogens is 174 g/mol. The lowest BCUT2D eigenvalue weighted by molar-refractivity contribution is 0.0947. The first-order valence-corrected chi connectivity index (χ1v) is 4.43. The number of rotatable bonds is 2. The summed E-state index contributed by atoms with van der Waals surface area (Å²) in [5.41, 5.74) is 5.37.